The molecule has 0 atom stereocenters. The van der Waals surface area contributed by atoms with E-state index in [0.717, 1.165) is 40.1 Å². The molecule has 3 heterocycles. The maximum atomic E-state index is 14.8. The molecule has 6 nitrogen and oxygen atoms in total. The lowest BCUT2D eigenvalue weighted by Gasteiger charge is -2.29. The molecule has 0 amide bonds. The molecule has 0 saturated carbocycles. The lowest BCUT2D eigenvalue weighted by atomic mass is 9.96. The number of aliphatic imine (C=N–C) groups is 1. The molecule has 1 aliphatic rings. The number of thiophene rings is 1. The molecule has 2 aromatic carbocycles. The highest BCUT2D eigenvalue weighted by atomic mass is 32.1. The first kappa shape index (κ1) is 21.4. The van der Waals surface area contributed by atoms with Crippen molar-refractivity contribution in [3.8, 4) is 0 Å². The Bertz CT molecular complexity index is 1350. The fourth-order valence-corrected chi connectivity index (χ4v) is 4.86. The maximum absolute atomic E-state index is 14.8. The Balaban J connectivity index is 1.46. The molecule has 4 aromatic rings. The average Bonchev–Trinajstić information content (AvgIpc) is 3.35. The lowest BCUT2D eigenvalue weighted by molar-refractivity contribution is 0.122. The number of morpholine rings is 1. The van der Waals surface area contributed by atoms with Crippen molar-refractivity contribution < 1.29 is 9.13 Å². The third kappa shape index (κ3) is 4.27. The van der Waals surface area contributed by atoms with Crippen LogP contribution >= 0.6 is 11.3 Å². The van der Waals surface area contributed by atoms with Crippen LogP contribution in [-0.2, 0) is 11.2 Å². The van der Waals surface area contributed by atoms with E-state index in [0.29, 0.717) is 30.9 Å². The number of nitrogens with one attached hydrogen (secondary N) is 1. The molecule has 1 N–H and O–H groups in total. The van der Waals surface area contributed by atoms with Gasteiger partial charge in [0.25, 0.3) is 0 Å². The van der Waals surface area contributed by atoms with Crippen molar-refractivity contribution in [3.05, 3.63) is 82.2 Å². The van der Waals surface area contributed by atoms with Gasteiger partial charge in [-0.15, -0.1) is 11.3 Å². The second-order valence-corrected chi connectivity index (χ2v) is 8.76. The number of benzene rings is 2. The highest BCUT2D eigenvalue weighted by molar-refractivity contribution is 7.17. The van der Waals surface area contributed by atoms with Crippen molar-refractivity contribution in [1.82, 2.24) is 10.2 Å². The summed E-state index contributed by atoms with van der Waals surface area (Å²) >= 11 is 1.61. The van der Waals surface area contributed by atoms with Gasteiger partial charge in [-0.25, -0.2) is 4.39 Å². The normalized spacial score (nSPS) is 13.9. The number of rotatable bonds is 6. The Labute approximate surface area is 194 Å². The van der Waals surface area contributed by atoms with Gasteiger partial charge in [0.1, 0.15) is 5.82 Å². The molecule has 5 rings (SSSR count). The second-order valence-electron chi connectivity index (χ2n) is 7.81. The molecule has 166 valence electrons. The maximum Gasteiger partial charge on any atom is 0.132 e. The van der Waals surface area contributed by atoms with E-state index in [2.05, 4.69) is 26.8 Å². The monoisotopic (exact) mass is 459 g/mol. The number of aromatic nitrogens is 2. The lowest BCUT2D eigenvalue weighted by Crippen LogP contribution is -2.36. The van der Waals surface area contributed by atoms with Gasteiger partial charge in [0.15, 0.2) is 0 Å². The molecule has 1 fully saturated rings. The fraction of sp³-hybridized carbons (Fsp3) is 0.200. The summed E-state index contributed by atoms with van der Waals surface area (Å²) in [6.45, 7) is 6.62. The smallest absolute Gasteiger partial charge is 0.132 e. The number of halogens is 1. The van der Waals surface area contributed by atoms with Gasteiger partial charge in [-0.1, -0.05) is 6.07 Å². The minimum absolute atomic E-state index is 0.0742. The number of nitrogens with zero attached hydrogens (tertiary/aromatic N) is 4. The Morgan fingerprint density at radius 2 is 2.00 bits per heavy atom. The summed E-state index contributed by atoms with van der Waals surface area (Å²) in [6, 6.07) is 12.5. The van der Waals surface area contributed by atoms with E-state index in [-0.39, 0.29) is 11.3 Å². The van der Waals surface area contributed by atoms with Gasteiger partial charge in [0, 0.05) is 41.7 Å². The van der Waals surface area contributed by atoms with Gasteiger partial charge in [0.2, 0.25) is 0 Å². The molecular formula is C25H22FN5OS. The van der Waals surface area contributed by atoms with Gasteiger partial charge in [-0.3, -0.25) is 10.4 Å². The summed E-state index contributed by atoms with van der Waals surface area (Å²) < 4.78 is 21.3. The van der Waals surface area contributed by atoms with Gasteiger partial charge in [-0.2, -0.15) is 10.2 Å². The summed E-state index contributed by atoms with van der Waals surface area (Å²) in [6.07, 6.45) is 2.25. The fourth-order valence-electron chi connectivity index (χ4n) is 4.09. The van der Waals surface area contributed by atoms with Crippen LogP contribution in [0.15, 0.2) is 59.0 Å². The molecule has 1 saturated heterocycles. The Morgan fingerprint density at radius 1 is 1.15 bits per heavy atom. The highest BCUT2D eigenvalue weighted by Crippen LogP contribution is 2.30. The zero-order valence-corrected chi connectivity index (χ0v) is 18.7. The first-order valence-electron chi connectivity index (χ1n) is 10.6. The zero-order valence-electron chi connectivity index (χ0n) is 17.9. The van der Waals surface area contributed by atoms with E-state index < -0.39 is 5.82 Å². The van der Waals surface area contributed by atoms with Crippen molar-refractivity contribution in [2.75, 3.05) is 31.2 Å². The van der Waals surface area contributed by atoms with Crippen LogP contribution in [0.5, 0.6) is 0 Å². The van der Waals surface area contributed by atoms with Crippen LogP contribution < -0.4 is 4.90 Å². The average molecular weight is 460 g/mol. The molecular weight excluding hydrogens is 437 g/mol. The van der Waals surface area contributed by atoms with Crippen LogP contribution in [-0.4, -0.2) is 48.9 Å². The quantitative estimate of drug-likeness (QED) is 0.412. The van der Waals surface area contributed by atoms with E-state index in [1.54, 1.807) is 29.7 Å². The van der Waals surface area contributed by atoms with Crippen LogP contribution in [0, 0.1) is 11.2 Å². The molecule has 0 spiro atoms. The Morgan fingerprint density at radius 3 is 2.82 bits per heavy atom. The van der Waals surface area contributed by atoms with Crippen molar-refractivity contribution in [3.63, 3.8) is 0 Å². The topological polar surface area (TPSA) is 74.5 Å². The third-order valence-corrected chi connectivity index (χ3v) is 6.68. The van der Waals surface area contributed by atoms with E-state index in [1.165, 1.54) is 6.07 Å². The van der Waals surface area contributed by atoms with Crippen molar-refractivity contribution in [1.29, 1.82) is 5.41 Å². The van der Waals surface area contributed by atoms with E-state index in [4.69, 9.17) is 10.1 Å². The largest absolute Gasteiger partial charge is 0.378 e. The van der Waals surface area contributed by atoms with Crippen LogP contribution in [0.2, 0.25) is 0 Å². The minimum Gasteiger partial charge on any atom is -0.378 e. The summed E-state index contributed by atoms with van der Waals surface area (Å²) in [5.74, 6) is -0.448. The second kappa shape index (κ2) is 9.17. The molecule has 33 heavy (non-hydrogen) atoms. The SMILES string of the molecule is C=Nc1cc(N2CCOCC2)ccc1C(=N)c1cc(Cc2nncc3sccc23)ccc1F. The minimum atomic E-state index is -0.448. The molecule has 0 unspecified atom stereocenters. The van der Waals surface area contributed by atoms with Gasteiger partial charge in [0.05, 0.1) is 41.2 Å². The van der Waals surface area contributed by atoms with Crippen LogP contribution in [0.25, 0.3) is 10.1 Å². The number of hydrogen-bond donors (Lipinski definition) is 1. The molecule has 2 aromatic heterocycles. The highest BCUT2D eigenvalue weighted by Gasteiger charge is 2.18. The van der Waals surface area contributed by atoms with E-state index in [1.807, 2.05) is 29.6 Å². The number of fused-ring (bicyclic) bond motifs is 1. The Kier molecular flexibility index (Phi) is 5.93. The van der Waals surface area contributed by atoms with Crippen LogP contribution in [0.1, 0.15) is 22.4 Å². The number of anilines is 1. The third-order valence-electron chi connectivity index (χ3n) is 5.83. The first-order chi connectivity index (χ1) is 16.1. The summed E-state index contributed by atoms with van der Waals surface area (Å²) in [5, 5.41) is 20.2. The number of ether oxygens (including phenoxy) is 1. The summed E-state index contributed by atoms with van der Waals surface area (Å²) in [7, 11) is 0. The predicted octanol–water partition coefficient (Wildman–Crippen LogP) is 5.01. The van der Waals surface area contributed by atoms with Crippen molar-refractivity contribution in [2.24, 2.45) is 4.99 Å². The standard InChI is InChI=1S/C25H22FN5OS/c1-28-22-14-17(31-7-9-32-10-8-31)3-4-19(22)25(27)20-12-16(2-5-21(20)26)13-23-18-6-11-33-24(18)15-29-30-23/h2-6,11-12,14-15,27H,1,7-10,13H2. The Hall–Kier alpha value is -3.49. The van der Waals surface area contributed by atoms with E-state index in [9.17, 15) is 4.39 Å². The van der Waals surface area contributed by atoms with Gasteiger partial charge < -0.3 is 9.64 Å². The summed E-state index contributed by atoms with van der Waals surface area (Å²) in [5.41, 5.74) is 4.09. The molecule has 0 bridgehead atoms. The van der Waals surface area contributed by atoms with E-state index >= 15 is 0 Å². The molecule has 8 heteroatoms. The predicted molar refractivity (Wildman–Crippen MR) is 131 cm³/mol. The van der Waals surface area contributed by atoms with Gasteiger partial charge in [-0.05, 0) is 54.1 Å². The van der Waals surface area contributed by atoms with Crippen molar-refractivity contribution in [2.45, 2.75) is 6.42 Å². The van der Waals surface area contributed by atoms with Crippen LogP contribution in [0.3, 0.4) is 0 Å². The van der Waals surface area contributed by atoms with Crippen molar-refractivity contribution >= 4 is 45.2 Å². The first-order valence-corrected chi connectivity index (χ1v) is 11.5. The molecule has 1 aliphatic heterocycles. The van der Waals surface area contributed by atoms with Gasteiger partial charge >= 0.3 is 0 Å². The molecule has 0 radical (unpaired) electrons. The number of hydrogen-bond acceptors (Lipinski definition) is 7. The zero-order chi connectivity index (χ0) is 22.8. The summed E-state index contributed by atoms with van der Waals surface area (Å²) in [4.78, 5) is 6.34. The molecule has 0 aliphatic carbocycles. The van der Waals surface area contributed by atoms with Crippen LogP contribution in [0.4, 0.5) is 15.8 Å².